The zero-order valence-electron chi connectivity index (χ0n) is 23.5. The van der Waals surface area contributed by atoms with E-state index in [2.05, 4.69) is 24.3 Å². The van der Waals surface area contributed by atoms with Gasteiger partial charge in [0, 0.05) is 0 Å². The minimum Gasteiger partial charge on any atom is -0.748 e. The van der Waals surface area contributed by atoms with Gasteiger partial charge in [-0.25, -0.2) is 16.8 Å². The molecule has 38 heavy (non-hydrogen) atoms. The summed E-state index contributed by atoms with van der Waals surface area (Å²) in [5.74, 6) is 2.30. The molecule has 4 rings (SSSR count). The largest absolute Gasteiger partial charge is 1.00 e. The second kappa shape index (κ2) is 16.2. The Morgan fingerprint density at radius 1 is 0.447 bits per heavy atom. The quantitative estimate of drug-likeness (QED) is 0.234. The summed E-state index contributed by atoms with van der Waals surface area (Å²) < 4.78 is 69.8. The molecule has 4 fully saturated rings. The smallest absolute Gasteiger partial charge is 0.748 e. The molecule has 10 heteroatoms. The van der Waals surface area contributed by atoms with Crippen LogP contribution < -0.4 is 59.1 Å². The first-order valence-electron chi connectivity index (χ1n) is 14.4. The molecule has 0 aromatic heterocycles. The van der Waals surface area contributed by atoms with Gasteiger partial charge in [0.2, 0.25) is 0 Å². The molecule has 0 N–H and O–H groups in total. The van der Waals surface area contributed by atoms with E-state index >= 15 is 0 Å². The maximum atomic E-state index is 11.6. The van der Waals surface area contributed by atoms with Gasteiger partial charge in [-0.15, -0.1) is 0 Å². The van der Waals surface area contributed by atoms with Gasteiger partial charge in [-0.1, -0.05) is 50.0 Å². The first-order chi connectivity index (χ1) is 17.1. The molecule has 4 aliphatic carbocycles. The predicted molar refractivity (Wildman–Crippen MR) is 140 cm³/mol. The van der Waals surface area contributed by atoms with Crippen LogP contribution >= 0.6 is 0 Å². The normalized spacial score (nSPS) is 37.4. The standard InChI is InChI=1S/C28H46O6S2.2Na/c29-35(30,31)27-7-3-1-5-25(27)19-13-21-9-15-23(16-10-21)24-17-11-22(12-18-24)14-20-26-6-2-4-8-28(26)36(32,33)34;;/h13-14,19-28H,1-12,15-18H2,(H,29,30,31)(H,32,33,34);;/q;2*+1/p-2/b19-13+,20-14+;;. The van der Waals surface area contributed by atoms with Crippen molar-refractivity contribution in [3.8, 4) is 0 Å². The van der Waals surface area contributed by atoms with E-state index in [0.29, 0.717) is 24.7 Å². The second-order valence-electron chi connectivity index (χ2n) is 12.1. The Morgan fingerprint density at radius 2 is 0.763 bits per heavy atom. The van der Waals surface area contributed by atoms with Crippen LogP contribution in [0.4, 0.5) is 0 Å². The van der Waals surface area contributed by atoms with Gasteiger partial charge in [-0.05, 0) is 113 Å². The Kier molecular flexibility index (Phi) is 15.2. The van der Waals surface area contributed by atoms with Crippen molar-refractivity contribution >= 4 is 20.2 Å². The topological polar surface area (TPSA) is 114 Å². The van der Waals surface area contributed by atoms with E-state index < -0.39 is 30.7 Å². The molecule has 0 aromatic rings. The van der Waals surface area contributed by atoms with E-state index in [1.807, 2.05) is 0 Å². The molecule has 0 saturated heterocycles. The van der Waals surface area contributed by atoms with Gasteiger partial charge >= 0.3 is 59.1 Å². The summed E-state index contributed by atoms with van der Waals surface area (Å²) in [6.45, 7) is 0. The van der Waals surface area contributed by atoms with Gasteiger partial charge in [0.1, 0.15) is 0 Å². The van der Waals surface area contributed by atoms with Crippen LogP contribution in [0.1, 0.15) is 103 Å². The molecule has 4 atom stereocenters. The van der Waals surface area contributed by atoms with Crippen molar-refractivity contribution in [2.24, 2.45) is 35.5 Å². The Bertz CT molecular complexity index is 901. The van der Waals surface area contributed by atoms with Crippen LogP contribution in [0.15, 0.2) is 24.3 Å². The van der Waals surface area contributed by atoms with Crippen molar-refractivity contribution in [2.75, 3.05) is 0 Å². The van der Waals surface area contributed by atoms with Gasteiger partial charge in [0.25, 0.3) is 0 Å². The molecule has 4 aliphatic rings. The van der Waals surface area contributed by atoms with Gasteiger partial charge in [0.15, 0.2) is 0 Å². The van der Waals surface area contributed by atoms with Crippen molar-refractivity contribution < 1.29 is 85.1 Å². The SMILES string of the molecule is O=S(=O)([O-])C1CCCCC1/C=C/C1CCC(C2CCC(/C=C/C3CCCCC3S(=O)(=O)[O-])CC2)CC1.[Na+].[Na+]. The summed E-state index contributed by atoms with van der Waals surface area (Å²) in [5, 5.41) is -1.48. The molecule has 6 nitrogen and oxygen atoms in total. The van der Waals surface area contributed by atoms with E-state index in [1.165, 1.54) is 25.7 Å². The van der Waals surface area contributed by atoms with Gasteiger partial charge < -0.3 is 9.11 Å². The van der Waals surface area contributed by atoms with Crippen LogP contribution in [0, 0.1) is 35.5 Å². The number of hydrogen-bond acceptors (Lipinski definition) is 6. The van der Waals surface area contributed by atoms with E-state index in [0.717, 1.165) is 76.0 Å². The third kappa shape index (κ3) is 10.2. The zero-order valence-corrected chi connectivity index (χ0v) is 29.1. The second-order valence-corrected chi connectivity index (χ2v) is 15.3. The minimum atomic E-state index is -4.22. The number of allylic oxidation sites excluding steroid dienone is 4. The average molecular weight is 587 g/mol. The molecule has 4 unspecified atom stereocenters. The molecule has 4 saturated carbocycles. The molecule has 0 aromatic carbocycles. The minimum absolute atomic E-state index is 0. The van der Waals surface area contributed by atoms with Crippen LogP contribution in [-0.4, -0.2) is 36.4 Å². The molecular weight excluding hydrogens is 542 g/mol. The van der Waals surface area contributed by atoms with Crippen LogP contribution in [0.25, 0.3) is 0 Å². The van der Waals surface area contributed by atoms with Crippen molar-refractivity contribution in [3.63, 3.8) is 0 Å². The van der Waals surface area contributed by atoms with Crippen LogP contribution in [0.3, 0.4) is 0 Å². The zero-order chi connectivity index (χ0) is 25.8. The summed E-state index contributed by atoms with van der Waals surface area (Å²) in [6, 6.07) is 0. The fraction of sp³-hybridized carbons (Fsp3) is 0.857. The molecule has 0 bridgehead atoms. The average Bonchev–Trinajstić information content (AvgIpc) is 2.86. The number of rotatable bonds is 7. The summed E-state index contributed by atoms with van der Waals surface area (Å²) in [6.07, 6.45) is 24.3. The van der Waals surface area contributed by atoms with Crippen molar-refractivity contribution in [3.05, 3.63) is 24.3 Å². The molecular formula is C28H44Na2O6S2. The van der Waals surface area contributed by atoms with Crippen molar-refractivity contribution in [1.29, 1.82) is 0 Å². The predicted octanol–water partition coefficient (Wildman–Crippen LogP) is -0.0724. The molecule has 0 amide bonds. The Labute approximate surface area is 275 Å². The monoisotopic (exact) mass is 586 g/mol. The molecule has 0 heterocycles. The Hall–Kier alpha value is 1.30. The molecule has 0 radical (unpaired) electrons. The van der Waals surface area contributed by atoms with Crippen molar-refractivity contribution in [1.82, 2.24) is 0 Å². The van der Waals surface area contributed by atoms with Gasteiger partial charge in [0.05, 0.1) is 30.7 Å². The van der Waals surface area contributed by atoms with Gasteiger partial charge in [-0.3, -0.25) is 0 Å². The fourth-order valence-corrected chi connectivity index (χ4v) is 9.85. The van der Waals surface area contributed by atoms with E-state index in [4.69, 9.17) is 0 Å². The van der Waals surface area contributed by atoms with E-state index in [-0.39, 0.29) is 71.0 Å². The summed E-state index contributed by atoms with van der Waals surface area (Å²) in [7, 11) is -8.45. The summed E-state index contributed by atoms with van der Waals surface area (Å²) in [5.41, 5.74) is 0. The van der Waals surface area contributed by atoms with Gasteiger partial charge in [-0.2, -0.15) is 0 Å². The number of hydrogen-bond donors (Lipinski definition) is 0. The fourth-order valence-electron chi connectivity index (χ4n) is 7.63. The third-order valence-corrected chi connectivity index (χ3v) is 12.5. The maximum absolute atomic E-state index is 11.6. The molecule has 0 aliphatic heterocycles. The first-order valence-corrected chi connectivity index (χ1v) is 17.3. The van der Waals surface area contributed by atoms with E-state index in [9.17, 15) is 25.9 Å². The van der Waals surface area contributed by atoms with E-state index in [1.54, 1.807) is 0 Å². The Morgan fingerprint density at radius 3 is 1.08 bits per heavy atom. The maximum Gasteiger partial charge on any atom is 1.00 e. The third-order valence-electron chi connectivity index (χ3n) is 9.81. The van der Waals surface area contributed by atoms with Crippen LogP contribution in [-0.2, 0) is 20.2 Å². The first kappa shape index (κ1) is 35.5. The van der Waals surface area contributed by atoms with Crippen LogP contribution in [0.2, 0.25) is 0 Å². The molecule has 206 valence electrons. The summed E-state index contributed by atoms with van der Waals surface area (Å²) >= 11 is 0. The Balaban J connectivity index is 0.00000253. The van der Waals surface area contributed by atoms with Crippen LogP contribution in [0.5, 0.6) is 0 Å². The summed E-state index contributed by atoms with van der Waals surface area (Å²) in [4.78, 5) is 0. The van der Waals surface area contributed by atoms with Crippen molar-refractivity contribution in [2.45, 2.75) is 113 Å². The molecule has 0 spiro atoms.